The molecular weight excluding hydrogens is 136 g/mol. The Kier molecular flexibility index (Phi) is 3.99. The fourth-order valence-corrected chi connectivity index (χ4v) is 0.628. The lowest BCUT2D eigenvalue weighted by atomic mass is 10.4. The Bertz CT molecular complexity index is 130. The number of esters is 1. The second-order valence-corrected chi connectivity index (χ2v) is 1.99. The maximum atomic E-state index is 10.5. The van der Waals surface area contributed by atoms with E-state index in [1.165, 1.54) is 12.8 Å². The van der Waals surface area contributed by atoms with Crippen LogP contribution in [0.1, 0.15) is 6.92 Å². The predicted molar refractivity (Wildman–Crippen MR) is 33.7 cm³/mol. The molecule has 0 fully saturated rings. The maximum absolute atomic E-state index is 10.5. The van der Waals surface area contributed by atoms with Crippen LogP contribution in [0.3, 0.4) is 0 Å². The quantitative estimate of drug-likeness (QED) is 0.328. The van der Waals surface area contributed by atoms with Gasteiger partial charge in [0.2, 0.25) is 0 Å². The van der Waals surface area contributed by atoms with Gasteiger partial charge in [0.15, 0.2) is 0 Å². The molecule has 1 N–H and O–H groups in total. The molecule has 4 heteroatoms. The molecule has 0 aliphatic rings. The summed E-state index contributed by atoms with van der Waals surface area (Å²) < 4.78 is 4.35. The highest BCUT2D eigenvalue weighted by atomic mass is 28.2. The lowest BCUT2D eigenvalue weighted by Crippen LogP contribution is -2.02. The zero-order valence-electron chi connectivity index (χ0n) is 5.34. The van der Waals surface area contributed by atoms with Gasteiger partial charge in [0.1, 0.15) is 0 Å². The third-order valence-corrected chi connectivity index (χ3v) is 1.35. The van der Waals surface area contributed by atoms with Crippen molar-refractivity contribution in [1.29, 1.82) is 0 Å². The van der Waals surface area contributed by atoms with Crippen molar-refractivity contribution in [1.82, 2.24) is 0 Å². The summed E-state index contributed by atoms with van der Waals surface area (Å²) in [5.74, 6) is -0.392. The van der Waals surface area contributed by atoms with Crippen LogP contribution in [0.2, 0.25) is 0 Å². The zero-order chi connectivity index (χ0) is 7.28. The molecule has 0 rings (SSSR count). The molecule has 0 saturated heterocycles. The molecule has 0 saturated carbocycles. The Balaban J connectivity index is 3.86. The van der Waals surface area contributed by atoms with E-state index in [-0.39, 0.29) is 9.76 Å². The Morgan fingerprint density at radius 3 is 2.67 bits per heavy atom. The van der Waals surface area contributed by atoms with Crippen LogP contribution in [0.5, 0.6) is 0 Å². The largest absolute Gasteiger partial charge is 0.466 e. The molecule has 50 valence electrons. The smallest absolute Gasteiger partial charge is 0.332 e. The highest BCUT2D eigenvalue weighted by molar-refractivity contribution is 6.34. The number of hydrogen-bond donors (Lipinski definition) is 1. The van der Waals surface area contributed by atoms with Gasteiger partial charge in [0.25, 0.3) is 9.76 Å². The van der Waals surface area contributed by atoms with Crippen molar-refractivity contribution >= 4 is 15.7 Å². The molecule has 0 unspecified atom stereocenters. The highest BCUT2D eigenvalue weighted by Gasteiger charge is 2.00. The Morgan fingerprint density at radius 2 is 2.33 bits per heavy atom. The minimum Gasteiger partial charge on any atom is -0.466 e. The van der Waals surface area contributed by atoms with E-state index in [1.54, 1.807) is 6.92 Å². The van der Waals surface area contributed by atoms with Crippen LogP contribution >= 0.6 is 0 Å². The summed E-state index contributed by atoms with van der Waals surface area (Å²) in [6, 6.07) is 0. The van der Waals surface area contributed by atoms with Crippen molar-refractivity contribution in [3.63, 3.8) is 0 Å². The fraction of sp³-hybridized carbons (Fsp3) is 0.400. The molecule has 0 aromatic carbocycles. The molecule has 0 bridgehead atoms. The molecule has 3 nitrogen and oxygen atoms in total. The monoisotopic (exact) mass is 144 g/mol. The van der Waals surface area contributed by atoms with Crippen molar-refractivity contribution in [2.24, 2.45) is 0 Å². The van der Waals surface area contributed by atoms with E-state index in [2.05, 4.69) is 4.74 Å². The Morgan fingerprint density at radius 1 is 1.78 bits per heavy atom. The van der Waals surface area contributed by atoms with Gasteiger partial charge in [0.05, 0.1) is 7.11 Å². The molecule has 0 heterocycles. The topological polar surface area (TPSA) is 46.5 Å². The van der Waals surface area contributed by atoms with Crippen LogP contribution < -0.4 is 0 Å². The number of rotatable bonds is 2. The van der Waals surface area contributed by atoms with Gasteiger partial charge in [0, 0.05) is 5.57 Å². The van der Waals surface area contributed by atoms with Crippen LogP contribution in [0, 0.1) is 0 Å². The van der Waals surface area contributed by atoms with Crippen molar-refractivity contribution in [2.75, 3.05) is 7.11 Å². The average Bonchev–Trinajstić information content (AvgIpc) is 1.87. The van der Waals surface area contributed by atoms with Gasteiger partial charge < -0.3 is 9.53 Å². The minimum atomic E-state index is -0.392. The third-order valence-electron chi connectivity index (χ3n) is 0.788. The van der Waals surface area contributed by atoms with Crippen molar-refractivity contribution in [3.8, 4) is 0 Å². The lowest BCUT2D eigenvalue weighted by Gasteiger charge is -1.94. The van der Waals surface area contributed by atoms with E-state index in [0.29, 0.717) is 5.57 Å². The van der Waals surface area contributed by atoms with Crippen molar-refractivity contribution in [2.45, 2.75) is 6.92 Å². The predicted octanol–water partition coefficient (Wildman–Crippen LogP) is -0.325. The number of hydrogen-bond acceptors (Lipinski definition) is 3. The summed E-state index contributed by atoms with van der Waals surface area (Å²) in [7, 11) is 0.977. The highest BCUT2D eigenvalue weighted by Crippen LogP contribution is 1.92. The van der Waals surface area contributed by atoms with Gasteiger partial charge in [-0.2, -0.15) is 0 Å². The van der Waals surface area contributed by atoms with E-state index in [4.69, 9.17) is 4.80 Å². The molecule has 9 heavy (non-hydrogen) atoms. The van der Waals surface area contributed by atoms with E-state index in [9.17, 15) is 4.79 Å². The number of ether oxygens (including phenoxy) is 1. The number of carbonyl (C=O) groups excluding carboxylic acids is 1. The van der Waals surface area contributed by atoms with Gasteiger partial charge in [-0.05, 0) is 6.92 Å². The summed E-state index contributed by atoms with van der Waals surface area (Å²) in [6.07, 6.45) is 0. The maximum Gasteiger partial charge on any atom is 0.332 e. The molecule has 0 amide bonds. The van der Waals surface area contributed by atoms with Crippen LogP contribution in [0.15, 0.2) is 11.3 Å². The summed E-state index contributed by atoms with van der Waals surface area (Å²) in [5.41, 5.74) is 1.87. The molecule has 0 aromatic heterocycles. The summed E-state index contributed by atoms with van der Waals surface area (Å²) in [4.78, 5) is 18.8. The van der Waals surface area contributed by atoms with Gasteiger partial charge in [-0.3, -0.25) is 0 Å². The van der Waals surface area contributed by atoms with Gasteiger partial charge in [-0.25, -0.2) is 4.79 Å². The minimum absolute atomic E-state index is 0.329. The SMILES string of the molecule is COC(=O)/C(C)=C/[Si]O. The number of carbonyl (C=O) groups is 1. The van der Waals surface area contributed by atoms with Gasteiger partial charge in [-0.1, -0.05) is 5.70 Å². The van der Waals surface area contributed by atoms with Crippen molar-refractivity contribution in [3.05, 3.63) is 11.3 Å². The second-order valence-electron chi connectivity index (χ2n) is 1.45. The molecule has 0 aliphatic heterocycles. The van der Waals surface area contributed by atoms with E-state index >= 15 is 0 Å². The Labute approximate surface area is 56.3 Å². The molecule has 0 atom stereocenters. The third kappa shape index (κ3) is 3.05. The average molecular weight is 144 g/mol. The van der Waals surface area contributed by atoms with Crippen molar-refractivity contribution < 1.29 is 14.3 Å². The van der Waals surface area contributed by atoms with Crippen LogP contribution in [-0.2, 0) is 9.53 Å². The number of methoxy groups -OCH3 is 1. The fourth-order valence-electron chi connectivity index (χ4n) is 0.317. The standard InChI is InChI=1S/C5H8O3Si/c1-4(3-9-7)5(6)8-2/h3,7H,1-2H3/b4-3+. The molecule has 0 aromatic rings. The second kappa shape index (κ2) is 4.28. The first kappa shape index (κ1) is 8.39. The van der Waals surface area contributed by atoms with Crippen LogP contribution in [0.4, 0.5) is 0 Å². The van der Waals surface area contributed by atoms with Crippen LogP contribution in [0.25, 0.3) is 0 Å². The molecule has 2 radical (unpaired) electrons. The van der Waals surface area contributed by atoms with Gasteiger partial charge >= 0.3 is 5.97 Å². The first-order valence-corrected chi connectivity index (χ1v) is 3.39. The molecule has 0 aliphatic carbocycles. The summed E-state index contributed by atoms with van der Waals surface area (Å²) >= 11 is 0. The van der Waals surface area contributed by atoms with Crippen LogP contribution in [-0.4, -0.2) is 27.6 Å². The Hall–Kier alpha value is -0.613. The summed E-state index contributed by atoms with van der Waals surface area (Å²) in [6.45, 7) is 1.59. The lowest BCUT2D eigenvalue weighted by molar-refractivity contribution is -0.136. The first-order chi connectivity index (χ1) is 4.22. The molecular formula is C5H8O3Si. The van der Waals surface area contributed by atoms with E-state index < -0.39 is 5.97 Å². The zero-order valence-corrected chi connectivity index (χ0v) is 6.34. The molecule has 0 spiro atoms. The normalized spacial score (nSPS) is 11.2. The first-order valence-electron chi connectivity index (χ1n) is 2.37. The summed E-state index contributed by atoms with van der Waals surface area (Å²) in [5, 5.41) is 0. The van der Waals surface area contributed by atoms with Gasteiger partial charge in [-0.15, -0.1) is 0 Å². The van der Waals surface area contributed by atoms with E-state index in [0.717, 1.165) is 0 Å². The van der Waals surface area contributed by atoms with E-state index in [1.807, 2.05) is 0 Å².